The first-order valence-corrected chi connectivity index (χ1v) is 7.54. The zero-order valence-electron chi connectivity index (χ0n) is 12.3. The fourth-order valence-electron chi connectivity index (χ4n) is 2.43. The third-order valence-corrected chi connectivity index (χ3v) is 4.69. The van der Waals surface area contributed by atoms with Crippen LogP contribution in [0.4, 0.5) is 11.4 Å². The average molecular weight is 312 g/mol. The first kappa shape index (κ1) is 14.3. The lowest BCUT2D eigenvalue weighted by molar-refractivity contribution is 0.100. The number of primary amides is 1. The van der Waals surface area contributed by atoms with Crippen LogP contribution in [0, 0.1) is 0 Å². The number of carbonyl (C=O) groups is 1. The summed E-state index contributed by atoms with van der Waals surface area (Å²) in [4.78, 5) is 18.2. The van der Waals surface area contributed by atoms with Gasteiger partial charge in [0.1, 0.15) is 4.88 Å². The van der Waals surface area contributed by atoms with Gasteiger partial charge in [-0.25, -0.2) is 0 Å². The number of hydrogen-bond acceptors (Lipinski definition) is 5. The molecule has 4 N–H and O–H groups in total. The maximum atomic E-state index is 11.5. The number of hydrogen-bond donors (Lipinski definition) is 2. The molecule has 1 amide bonds. The van der Waals surface area contributed by atoms with Crippen LogP contribution in [-0.2, 0) is 0 Å². The van der Waals surface area contributed by atoms with E-state index in [1.54, 1.807) is 12.4 Å². The lowest BCUT2D eigenvalue weighted by atomic mass is 10.0. The summed E-state index contributed by atoms with van der Waals surface area (Å²) in [5, 5.41) is 0.838. The van der Waals surface area contributed by atoms with Gasteiger partial charge in [0.2, 0.25) is 0 Å². The molecule has 0 spiro atoms. The fraction of sp³-hybridized carbons (Fsp3) is 0.125. The van der Waals surface area contributed by atoms with Gasteiger partial charge < -0.3 is 16.4 Å². The topological polar surface area (TPSA) is 85.2 Å². The second kappa shape index (κ2) is 5.31. The summed E-state index contributed by atoms with van der Waals surface area (Å²) >= 11 is 1.28. The molecular weight excluding hydrogens is 296 g/mol. The molecule has 2 aromatic heterocycles. The van der Waals surface area contributed by atoms with Crippen LogP contribution in [0.3, 0.4) is 0 Å². The van der Waals surface area contributed by atoms with Crippen molar-refractivity contribution in [1.29, 1.82) is 0 Å². The van der Waals surface area contributed by atoms with Crippen LogP contribution < -0.4 is 16.4 Å². The van der Waals surface area contributed by atoms with E-state index in [9.17, 15) is 4.79 Å². The highest BCUT2D eigenvalue weighted by Crippen LogP contribution is 2.39. The maximum absolute atomic E-state index is 11.5. The second-order valence-corrected chi connectivity index (χ2v) is 6.27. The molecule has 0 radical (unpaired) electrons. The van der Waals surface area contributed by atoms with Crippen LogP contribution in [0.2, 0.25) is 0 Å². The van der Waals surface area contributed by atoms with E-state index >= 15 is 0 Å². The zero-order valence-corrected chi connectivity index (χ0v) is 13.1. The Hall–Kier alpha value is -2.60. The van der Waals surface area contributed by atoms with E-state index in [-0.39, 0.29) is 0 Å². The molecule has 0 atom stereocenters. The van der Waals surface area contributed by atoms with Gasteiger partial charge in [0.05, 0.1) is 10.4 Å². The highest BCUT2D eigenvalue weighted by Gasteiger charge is 2.17. The number of fused-ring (bicyclic) bond motifs is 1. The molecule has 2 heterocycles. The van der Waals surface area contributed by atoms with Crippen molar-refractivity contribution < 1.29 is 4.79 Å². The summed E-state index contributed by atoms with van der Waals surface area (Å²) in [6, 6.07) is 8.09. The number of pyridine rings is 1. The predicted molar refractivity (Wildman–Crippen MR) is 92.3 cm³/mol. The average Bonchev–Trinajstić information content (AvgIpc) is 2.85. The van der Waals surface area contributed by atoms with Gasteiger partial charge in [0.15, 0.2) is 0 Å². The van der Waals surface area contributed by atoms with Crippen LogP contribution in [-0.4, -0.2) is 25.0 Å². The van der Waals surface area contributed by atoms with E-state index in [0.29, 0.717) is 10.6 Å². The molecule has 5 nitrogen and oxygen atoms in total. The van der Waals surface area contributed by atoms with E-state index in [4.69, 9.17) is 11.5 Å². The van der Waals surface area contributed by atoms with Gasteiger partial charge in [-0.15, -0.1) is 11.3 Å². The predicted octanol–water partition coefficient (Wildman–Crippen LogP) is 2.71. The van der Waals surface area contributed by atoms with E-state index in [1.807, 2.05) is 37.2 Å². The van der Waals surface area contributed by atoms with Crippen molar-refractivity contribution in [2.24, 2.45) is 5.73 Å². The Kier molecular flexibility index (Phi) is 3.46. The number of nitrogens with two attached hydrogens (primary N) is 2. The van der Waals surface area contributed by atoms with Gasteiger partial charge in [-0.1, -0.05) is 12.1 Å². The molecule has 0 bridgehead atoms. The van der Waals surface area contributed by atoms with Crippen LogP contribution in [0.5, 0.6) is 0 Å². The molecule has 0 aliphatic carbocycles. The van der Waals surface area contributed by atoms with Gasteiger partial charge in [-0.2, -0.15) is 0 Å². The molecule has 0 unspecified atom stereocenters. The first-order chi connectivity index (χ1) is 10.5. The molecule has 22 heavy (non-hydrogen) atoms. The van der Waals surface area contributed by atoms with Gasteiger partial charge in [-0.05, 0) is 17.7 Å². The lowest BCUT2D eigenvalue weighted by Crippen LogP contribution is -2.10. The molecule has 3 rings (SSSR count). The molecule has 0 saturated carbocycles. The van der Waals surface area contributed by atoms with Crippen LogP contribution in [0.15, 0.2) is 36.7 Å². The Morgan fingerprint density at radius 2 is 2.05 bits per heavy atom. The van der Waals surface area contributed by atoms with Crippen molar-refractivity contribution in [1.82, 2.24) is 4.98 Å². The molecule has 3 aromatic rings. The summed E-state index contributed by atoms with van der Waals surface area (Å²) < 4.78 is 0.860. The number of nitrogen functional groups attached to an aromatic ring is 1. The molecular formula is C16H16N4OS. The van der Waals surface area contributed by atoms with Crippen molar-refractivity contribution in [2.45, 2.75) is 0 Å². The van der Waals surface area contributed by atoms with Crippen molar-refractivity contribution in [3.05, 3.63) is 41.5 Å². The van der Waals surface area contributed by atoms with Gasteiger partial charge in [-0.3, -0.25) is 9.78 Å². The van der Waals surface area contributed by atoms with Crippen LogP contribution in [0.25, 0.3) is 21.2 Å². The molecule has 0 fully saturated rings. The van der Waals surface area contributed by atoms with Gasteiger partial charge in [0.25, 0.3) is 5.91 Å². The minimum atomic E-state index is -0.508. The third kappa shape index (κ3) is 2.27. The van der Waals surface area contributed by atoms with E-state index in [0.717, 1.165) is 26.9 Å². The quantitative estimate of drug-likeness (QED) is 0.778. The molecule has 0 aliphatic heterocycles. The Labute approximate surface area is 132 Å². The first-order valence-electron chi connectivity index (χ1n) is 6.72. The lowest BCUT2D eigenvalue weighted by Gasteiger charge is -2.14. The SMILES string of the molecule is CN(C)c1cccc(-c2cncc3sc(C(N)=O)c(N)c23)c1. The third-order valence-electron chi connectivity index (χ3n) is 3.53. The van der Waals surface area contributed by atoms with Crippen molar-refractivity contribution >= 4 is 38.7 Å². The number of amides is 1. The van der Waals surface area contributed by atoms with Crippen molar-refractivity contribution in [2.75, 3.05) is 24.7 Å². The smallest absolute Gasteiger partial charge is 0.260 e. The summed E-state index contributed by atoms with van der Waals surface area (Å²) in [6.07, 6.45) is 3.48. The van der Waals surface area contributed by atoms with Gasteiger partial charge in [0, 0.05) is 43.1 Å². The molecule has 112 valence electrons. The minimum Gasteiger partial charge on any atom is -0.397 e. The van der Waals surface area contributed by atoms with E-state index in [1.165, 1.54) is 11.3 Å². The number of nitrogens with zero attached hydrogens (tertiary/aromatic N) is 2. The molecule has 6 heteroatoms. The number of carbonyl (C=O) groups excluding carboxylic acids is 1. The minimum absolute atomic E-state index is 0.382. The molecule has 0 aliphatic rings. The van der Waals surface area contributed by atoms with Crippen molar-refractivity contribution in [3.63, 3.8) is 0 Å². The fourth-order valence-corrected chi connectivity index (χ4v) is 3.40. The largest absolute Gasteiger partial charge is 0.397 e. The molecule has 1 aromatic carbocycles. The van der Waals surface area contributed by atoms with E-state index < -0.39 is 5.91 Å². The summed E-state index contributed by atoms with van der Waals surface area (Å²) in [6.45, 7) is 0. The summed E-state index contributed by atoms with van der Waals surface area (Å²) in [5.74, 6) is -0.508. The second-order valence-electron chi connectivity index (χ2n) is 5.21. The zero-order chi connectivity index (χ0) is 15.9. The normalized spacial score (nSPS) is 10.8. The maximum Gasteiger partial charge on any atom is 0.260 e. The number of rotatable bonds is 3. The Morgan fingerprint density at radius 3 is 2.73 bits per heavy atom. The highest BCUT2D eigenvalue weighted by atomic mass is 32.1. The molecule has 0 saturated heterocycles. The Morgan fingerprint density at radius 1 is 1.27 bits per heavy atom. The van der Waals surface area contributed by atoms with Crippen molar-refractivity contribution in [3.8, 4) is 11.1 Å². The summed E-state index contributed by atoms with van der Waals surface area (Å²) in [7, 11) is 3.98. The summed E-state index contributed by atoms with van der Waals surface area (Å²) in [5.41, 5.74) is 15.0. The monoisotopic (exact) mass is 312 g/mol. The number of anilines is 2. The van der Waals surface area contributed by atoms with E-state index in [2.05, 4.69) is 11.1 Å². The number of thiophene rings is 1. The number of benzene rings is 1. The Bertz CT molecular complexity index is 870. The standard InChI is InChI=1S/C16H16N4OS/c1-20(2)10-5-3-4-9(6-10)11-7-19-8-12-13(11)14(17)15(22-12)16(18)21/h3-8H,17H2,1-2H3,(H2,18,21). The van der Waals surface area contributed by atoms with Crippen LogP contribution in [0.1, 0.15) is 9.67 Å². The Balaban J connectivity index is 2.27. The van der Waals surface area contributed by atoms with Gasteiger partial charge >= 0.3 is 0 Å². The van der Waals surface area contributed by atoms with Crippen LogP contribution >= 0.6 is 11.3 Å². The highest BCUT2D eigenvalue weighted by molar-refractivity contribution is 7.21. The number of aromatic nitrogens is 1.